The summed E-state index contributed by atoms with van der Waals surface area (Å²) in [4.78, 5) is 0. The van der Waals surface area contributed by atoms with Crippen LogP contribution in [-0.2, 0) is 6.42 Å². The third kappa shape index (κ3) is 6.67. The van der Waals surface area contributed by atoms with Gasteiger partial charge in [0.2, 0.25) is 0 Å². The van der Waals surface area contributed by atoms with Crippen LogP contribution in [0.4, 0.5) is 0 Å². The number of halogens is 1. The molecule has 0 bridgehead atoms. The summed E-state index contributed by atoms with van der Waals surface area (Å²) in [6.45, 7) is 3.31. The quantitative estimate of drug-likeness (QED) is 0.681. The number of benzene rings is 1. The monoisotopic (exact) mass is 285 g/mol. The van der Waals surface area contributed by atoms with Crippen LogP contribution >= 0.6 is 23.4 Å². The van der Waals surface area contributed by atoms with Crippen molar-refractivity contribution in [1.29, 1.82) is 0 Å². The molecule has 3 heteroatoms. The zero-order valence-electron chi connectivity index (χ0n) is 11.4. The normalized spacial score (nSPS) is 12.6. The fourth-order valence-corrected chi connectivity index (χ4v) is 3.05. The fourth-order valence-electron chi connectivity index (χ4n) is 2.18. The highest BCUT2D eigenvalue weighted by molar-refractivity contribution is 7.99. The lowest BCUT2D eigenvalue weighted by Crippen LogP contribution is -2.21. The molecule has 1 aromatic rings. The van der Waals surface area contributed by atoms with Gasteiger partial charge in [0.1, 0.15) is 0 Å². The van der Waals surface area contributed by atoms with Crippen LogP contribution in [0.25, 0.3) is 0 Å². The van der Waals surface area contributed by atoms with Gasteiger partial charge in [-0.2, -0.15) is 11.8 Å². The summed E-state index contributed by atoms with van der Waals surface area (Å²) in [7, 11) is 2.03. The van der Waals surface area contributed by atoms with E-state index < -0.39 is 0 Å². The standard InChI is InChI=1S/C15H24ClNS/c1-3-18-9-5-7-14(12-17-2)10-13-6-4-8-15(16)11-13/h4,6,8,11,14,17H,3,5,7,9-10,12H2,1-2H3. The van der Waals surface area contributed by atoms with Gasteiger partial charge in [-0.3, -0.25) is 0 Å². The van der Waals surface area contributed by atoms with Gasteiger partial charge in [-0.05, 0) is 68.0 Å². The molecule has 1 nitrogen and oxygen atoms in total. The van der Waals surface area contributed by atoms with Crippen LogP contribution < -0.4 is 5.32 Å². The van der Waals surface area contributed by atoms with Gasteiger partial charge in [0.25, 0.3) is 0 Å². The van der Waals surface area contributed by atoms with E-state index in [0.717, 1.165) is 18.0 Å². The Balaban J connectivity index is 2.41. The Bertz CT molecular complexity index is 330. The second kappa shape index (κ2) is 9.71. The zero-order chi connectivity index (χ0) is 13.2. The Hall–Kier alpha value is -0.180. The Morgan fingerprint density at radius 1 is 1.39 bits per heavy atom. The van der Waals surface area contributed by atoms with Crippen molar-refractivity contribution in [3.8, 4) is 0 Å². The molecule has 0 aliphatic heterocycles. The minimum Gasteiger partial charge on any atom is -0.319 e. The first-order valence-corrected chi connectivity index (χ1v) is 8.26. The van der Waals surface area contributed by atoms with E-state index in [4.69, 9.17) is 11.6 Å². The van der Waals surface area contributed by atoms with Crippen molar-refractivity contribution in [1.82, 2.24) is 5.32 Å². The molecule has 1 N–H and O–H groups in total. The summed E-state index contributed by atoms with van der Waals surface area (Å²) in [6, 6.07) is 8.25. The van der Waals surface area contributed by atoms with Gasteiger partial charge in [0.15, 0.2) is 0 Å². The van der Waals surface area contributed by atoms with Gasteiger partial charge in [0.05, 0.1) is 0 Å². The largest absolute Gasteiger partial charge is 0.319 e. The topological polar surface area (TPSA) is 12.0 Å². The number of rotatable bonds is 9. The van der Waals surface area contributed by atoms with Gasteiger partial charge >= 0.3 is 0 Å². The molecule has 0 aliphatic rings. The first-order chi connectivity index (χ1) is 8.76. The average Bonchev–Trinajstić information content (AvgIpc) is 2.35. The average molecular weight is 286 g/mol. The Labute approximate surface area is 121 Å². The molecular weight excluding hydrogens is 262 g/mol. The zero-order valence-corrected chi connectivity index (χ0v) is 13.0. The lowest BCUT2D eigenvalue weighted by Gasteiger charge is -2.16. The van der Waals surface area contributed by atoms with Crippen LogP contribution in [-0.4, -0.2) is 25.1 Å². The molecule has 0 amide bonds. The summed E-state index contributed by atoms with van der Waals surface area (Å²) >= 11 is 8.07. The van der Waals surface area contributed by atoms with Crippen LogP contribution in [0.1, 0.15) is 25.3 Å². The number of nitrogens with one attached hydrogen (secondary N) is 1. The summed E-state index contributed by atoms with van der Waals surface area (Å²) in [5, 5.41) is 4.15. The minimum absolute atomic E-state index is 0.714. The van der Waals surface area contributed by atoms with E-state index in [1.165, 1.54) is 29.9 Å². The Morgan fingerprint density at radius 3 is 2.89 bits per heavy atom. The van der Waals surface area contributed by atoms with Crippen molar-refractivity contribution >= 4 is 23.4 Å². The van der Waals surface area contributed by atoms with Gasteiger partial charge in [-0.1, -0.05) is 30.7 Å². The highest BCUT2D eigenvalue weighted by atomic mass is 35.5. The van der Waals surface area contributed by atoms with Crippen LogP contribution in [0.2, 0.25) is 5.02 Å². The summed E-state index contributed by atoms with van der Waals surface area (Å²) < 4.78 is 0. The maximum Gasteiger partial charge on any atom is 0.0408 e. The van der Waals surface area contributed by atoms with Crippen molar-refractivity contribution in [2.24, 2.45) is 5.92 Å². The molecule has 0 fully saturated rings. The third-order valence-corrected chi connectivity index (χ3v) is 4.23. The number of hydrogen-bond acceptors (Lipinski definition) is 2. The Kier molecular flexibility index (Phi) is 8.57. The van der Waals surface area contributed by atoms with E-state index in [0.29, 0.717) is 5.92 Å². The van der Waals surface area contributed by atoms with Crippen LogP contribution in [0.5, 0.6) is 0 Å². The predicted octanol–water partition coefficient (Wildman–Crippen LogP) is 4.25. The van der Waals surface area contributed by atoms with E-state index in [1.807, 2.05) is 30.9 Å². The van der Waals surface area contributed by atoms with Crippen LogP contribution in [0.3, 0.4) is 0 Å². The SMILES string of the molecule is CCSCCCC(CNC)Cc1cccc(Cl)c1. The van der Waals surface area contributed by atoms with Gasteiger partial charge in [-0.15, -0.1) is 0 Å². The molecule has 1 aromatic carbocycles. The van der Waals surface area contributed by atoms with E-state index in [2.05, 4.69) is 24.4 Å². The molecular formula is C15H24ClNS. The van der Waals surface area contributed by atoms with Gasteiger partial charge in [-0.25, -0.2) is 0 Å². The molecule has 0 aliphatic carbocycles. The lowest BCUT2D eigenvalue weighted by molar-refractivity contribution is 0.457. The molecule has 0 saturated carbocycles. The molecule has 102 valence electrons. The molecule has 18 heavy (non-hydrogen) atoms. The molecule has 0 aromatic heterocycles. The van der Waals surface area contributed by atoms with E-state index in [9.17, 15) is 0 Å². The van der Waals surface area contributed by atoms with Crippen molar-refractivity contribution in [3.05, 3.63) is 34.9 Å². The van der Waals surface area contributed by atoms with Crippen molar-refractivity contribution in [2.45, 2.75) is 26.2 Å². The van der Waals surface area contributed by atoms with Crippen molar-refractivity contribution in [2.75, 3.05) is 25.1 Å². The van der Waals surface area contributed by atoms with E-state index >= 15 is 0 Å². The molecule has 1 atom stereocenters. The predicted molar refractivity (Wildman–Crippen MR) is 84.8 cm³/mol. The maximum absolute atomic E-state index is 6.03. The maximum atomic E-state index is 6.03. The van der Waals surface area contributed by atoms with Gasteiger partial charge < -0.3 is 5.32 Å². The minimum atomic E-state index is 0.714. The first kappa shape index (κ1) is 15.9. The summed E-state index contributed by atoms with van der Waals surface area (Å²) in [5.41, 5.74) is 1.35. The molecule has 1 rings (SSSR count). The summed E-state index contributed by atoms with van der Waals surface area (Å²) in [5.74, 6) is 3.22. The first-order valence-electron chi connectivity index (χ1n) is 6.73. The fraction of sp³-hybridized carbons (Fsp3) is 0.600. The molecule has 0 spiro atoms. The van der Waals surface area contributed by atoms with E-state index in [-0.39, 0.29) is 0 Å². The highest BCUT2D eigenvalue weighted by Gasteiger charge is 2.09. The smallest absolute Gasteiger partial charge is 0.0408 e. The molecule has 0 radical (unpaired) electrons. The van der Waals surface area contributed by atoms with Crippen LogP contribution in [0.15, 0.2) is 24.3 Å². The lowest BCUT2D eigenvalue weighted by atomic mass is 9.95. The van der Waals surface area contributed by atoms with Gasteiger partial charge in [0, 0.05) is 5.02 Å². The third-order valence-electron chi connectivity index (χ3n) is 3.01. The van der Waals surface area contributed by atoms with Crippen molar-refractivity contribution in [3.63, 3.8) is 0 Å². The van der Waals surface area contributed by atoms with Crippen LogP contribution in [0, 0.1) is 5.92 Å². The van der Waals surface area contributed by atoms with E-state index in [1.54, 1.807) is 0 Å². The summed E-state index contributed by atoms with van der Waals surface area (Å²) in [6.07, 6.45) is 3.73. The van der Waals surface area contributed by atoms with Crippen molar-refractivity contribution < 1.29 is 0 Å². The second-order valence-electron chi connectivity index (χ2n) is 4.60. The number of thioether (sulfide) groups is 1. The highest BCUT2D eigenvalue weighted by Crippen LogP contribution is 2.18. The number of hydrogen-bond donors (Lipinski definition) is 1. The molecule has 0 saturated heterocycles. The molecule has 0 heterocycles. The Morgan fingerprint density at radius 2 is 2.22 bits per heavy atom. The second-order valence-corrected chi connectivity index (χ2v) is 6.43. The molecule has 1 unspecified atom stereocenters.